The summed E-state index contributed by atoms with van der Waals surface area (Å²) in [5.74, 6) is 0.993. The molecule has 0 atom stereocenters. The monoisotopic (exact) mass is 474 g/mol. The highest BCUT2D eigenvalue weighted by Gasteiger charge is 2.21. The van der Waals surface area contributed by atoms with Crippen molar-refractivity contribution in [3.8, 4) is 34.1 Å². The quantitative estimate of drug-likeness (QED) is 0.444. The van der Waals surface area contributed by atoms with E-state index in [-0.39, 0.29) is 17.1 Å². The van der Waals surface area contributed by atoms with Gasteiger partial charge in [0.05, 0.1) is 11.9 Å². The topological polar surface area (TPSA) is 79.6 Å². The summed E-state index contributed by atoms with van der Waals surface area (Å²) in [6.07, 6.45) is 1.68. The van der Waals surface area contributed by atoms with Gasteiger partial charge in [-0.15, -0.1) is 0 Å². The molecule has 34 heavy (non-hydrogen) atoms. The molecular formula is C26H23ClN4O3. The molecule has 8 heteroatoms. The lowest BCUT2D eigenvalue weighted by molar-refractivity contribution is 0.463. The molecule has 0 unspecified atom stereocenters. The zero-order chi connectivity index (χ0) is 23.5. The van der Waals surface area contributed by atoms with Crippen molar-refractivity contribution in [2.45, 2.75) is 0 Å². The first-order chi connectivity index (χ1) is 16.6. The summed E-state index contributed by atoms with van der Waals surface area (Å²) < 4.78 is 7.51. The summed E-state index contributed by atoms with van der Waals surface area (Å²) >= 11 is 6.01. The third-order valence-corrected chi connectivity index (χ3v) is 5.97. The standard InChI is InChI=1S/C26H23ClN4O3/c27-20-5-7-21(8-6-20)31-26(33)25(24(17-29-31)30-15-13-28-14-16-30)34-23-11-3-19(4-12-23)18-1-9-22(32)10-2-18/h1-12,17,28,32H,13-16H2. The number of rotatable bonds is 5. The number of hydrogen-bond donors (Lipinski definition) is 2. The lowest BCUT2D eigenvalue weighted by atomic mass is 10.1. The van der Waals surface area contributed by atoms with Gasteiger partial charge < -0.3 is 20.1 Å². The van der Waals surface area contributed by atoms with Crippen LogP contribution in [0.5, 0.6) is 17.2 Å². The van der Waals surface area contributed by atoms with Crippen molar-refractivity contribution in [3.63, 3.8) is 0 Å². The van der Waals surface area contributed by atoms with Crippen molar-refractivity contribution in [2.75, 3.05) is 31.1 Å². The molecular weight excluding hydrogens is 452 g/mol. The second kappa shape index (κ2) is 9.59. The number of aromatic hydroxyl groups is 1. The van der Waals surface area contributed by atoms with Gasteiger partial charge in [-0.05, 0) is 59.7 Å². The fourth-order valence-electron chi connectivity index (χ4n) is 3.91. The molecule has 3 aromatic carbocycles. The molecule has 1 aliphatic heterocycles. The number of phenolic OH excluding ortho intramolecular Hbond substituents is 1. The van der Waals surface area contributed by atoms with Gasteiger partial charge in [-0.1, -0.05) is 35.9 Å². The van der Waals surface area contributed by atoms with Crippen molar-refractivity contribution < 1.29 is 9.84 Å². The van der Waals surface area contributed by atoms with Gasteiger partial charge in [0, 0.05) is 31.2 Å². The van der Waals surface area contributed by atoms with E-state index in [0.717, 1.165) is 37.3 Å². The molecule has 1 saturated heterocycles. The largest absolute Gasteiger partial charge is 0.508 e. The lowest BCUT2D eigenvalue weighted by Gasteiger charge is -2.30. The third kappa shape index (κ3) is 4.62. The molecule has 7 nitrogen and oxygen atoms in total. The van der Waals surface area contributed by atoms with Crippen LogP contribution >= 0.6 is 11.6 Å². The molecule has 1 aliphatic rings. The number of piperazine rings is 1. The van der Waals surface area contributed by atoms with Crippen LogP contribution in [-0.4, -0.2) is 41.1 Å². The van der Waals surface area contributed by atoms with E-state index in [0.29, 0.717) is 22.1 Å². The van der Waals surface area contributed by atoms with Crippen LogP contribution < -0.4 is 20.5 Å². The highest BCUT2D eigenvalue weighted by Crippen LogP contribution is 2.31. The maximum atomic E-state index is 13.5. The highest BCUT2D eigenvalue weighted by atomic mass is 35.5. The zero-order valence-electron chi connectivity index (χ0n) is 18.3. The fraction of sp³-hybridized carbons (Fsp3) is 0.154. The highest BCUT2D eigenvalue weighted by molar-refractivity contribution is 6.30. The lowest BCUT2D eigenvalue weighted by Crippen LogP contribution is -2.44. The van der Waals surface area contributed by atoms with Gasteiger partial charge in [0.1, 0.15) is 17.2 Å². The first kappa shape index (κ1) is 22.0. The molecule has 4 aromatic rings. The fourth-order valence-corrected chi connectivity index (χ4v) is 4.04. The molecule has 0 radical (unpaired) electrons. The number of hydrogen-bond acceptors (Lipinski definition) is 6. The molecule has 0 bridgehead atoms. The van der Waals surface area contributed by atoms with Crippen LogP contribution in [0.4, 0.5) is 5.69 Å². The van der Waals surface area contributed by atoms with Crippen molar-refractivity contribution in [2.24, 2.45) is 0 Å². The number of nitrogens with one attached hydrogen (secondary N) is 1. The molecule has 1 fully saturated rings. The maximum Gasteiger partial charge on any atom is 0.316 e. The van der Waals surface area contributed by atoms with E-state index < -0.39 is 0 Å². The van der Waals surface area contributed by atoms with E-state index in [4.69, 9.17) is 16.3 Å². The Morgan fingerprint density at radius 3 is 2.15 bits per heavy atom. The molecule has 1 aromatic heterocycles. The Labute approximate surface area is 201 Å². The summed E-state index contributed by atoms with van der Waals surface area (Å²) in [4.78, 5) is 15.6. The van der Waals surface area contributed by atoms with Crippen molar-refractivity contribution >= 4 is 17.3 Å². The van der Waals surface area contributed by atoms with Crippen molar-refractivity contribution in [1.29, 1.82) is 0 Å². The number of benzene rings is 3. The van der Waals surface area contributed by atoms with Gasteiger partial charge in [-0.2, -0.15) is 9.78 Å². The molecule has 0 saturated carbocycles. The number of aromatic nitrogens is 2. The van der Waals surface area contributed by atoms with Crippen LogP contribution in [0, 0.1) is 0 Å². The average molecular weight is 475 g/mol. The van der Waals surface area contributed by atoms with Crippen LogP contribution in [0.25, 0.3) is 16.8 Å². The molecule has 5 rings (SSSR count). The zero-order valence-corrected chi connectivity index (χ0v) is 19.1. The van der Waals surface area contributed by atoms with Gasteiger partial charge in [0.15, 0.2) is 0 Å². The summed E-state index contributed by atoms with van der Waals surface area (Å²) in [6.45, 7) is 3.15. The van der Waals surface area contributed by atoms with Gasteiger partial charge >= 0.3 is 5.56 Å². The summed E-state index contributed by atoms with van der Waals surface area (Å²) in [7, 11) is 0. The summed E-state index contributed by atoms with van der Waals surface area (Å²) in [5.41, 5.74) is 2.87. The Kier molecular flexibility index (Phi) is 6.20. The van der Waals surface area contributed by atoms with E-state index in [9.17, 15) is 9.90 Å². The predicted octanol–water partition coefficient (Wildman–Crippen LogP) is 4.46. The van der Waals surface area contributed by atoms with Crippen molar-refractivity contribution in [3.05, 3.63) is 94.4 Å². The third-order valence-electron chi connectivity index (χ3n) is 5.72. The minimum absolute atomic E-state index is 0.221. The Balaban J connectivity index is 1.51. The Morgan fingerprint density at radius 1 is 0.882 bits per heavy atom. The van der Waals surface area contributed by atoms with Crippen LogP contribution in [0.3, 0.4) is 0 Å². The Morgan fingerprint density at radius 2 is 1.50 bits per heavy atom. The molecule has 0 aliphatic carbocycles. The van der Waals surface area contributed by atoms with Gasteiger partial charge in [0.2, 0.25) is 5.75 Å². The molecule has 0 amide bonds. The number of halogens is 1. The SMILES string of the molecule is O=c1c(Oc2ccc(-c3ccc(O)cc3)cc2)c(N2CCNCC2)cnn1-c1ccc(Cl)cc1. The second-order valence-corrected chi connectivity index (χ2v) is 8.40. The predicted molar refractivity (Wildman–Crippen MR) is 134 cm³/mol. The van der Waals surface area contributed by atoms with E-state index in [1.807, 2.05) is 36.4 Å². The second-order valence-electron chi connectivity index (χ2n) is 7.96. The van der Waals surface area contributed by atoms with Gasteiger partial charge in [0.25, 0.3) is 0 Å². The Hall–Kier alpha value is -3.81. The average Bonchev–Trinajstić information content (AvgIpc) is 2.87. The molecule has 2 N–H and O–H groups in total. The van der Waals surface area contributed by atoms with Gasteiger partial charge in [-0.3, -0.25) is 4.79 Å². The Bertz CT molecular complexity index is 1330. The number of nitrogens with zero attached hydrogens (tertiary/aromatic N) is 3. The smallest absolute Gasteiger partial charge is 0.316 e. The number of ether oxygens (including phenoxy) is 1. The molecule has 172 valence electrons. The normalized spacial score (nSPS) is 13.6. The van der Waals surface area contributed by atoms with Gasteiger partial charge in [-0.25, -0.2) is 0 Å². The van der Waals surface area contributed by atoms with Crippen LogP contribution in [-0.2, 0) is 0 Å². The van der Waals surface area contributed by atoms with Crippen LogP contribution in [0.1, 0.15) is 0 Å². The van der Waals surface area contributed by atoms with E-state index in [2.05, 4.69) is 15.3 Å². The summed E-state index contributed by atoms with van der Waals surface area (Å²) in [6, 6.07) is 21.4. The van der Waals surface area contributed by atoms with Crippen molar-refractivity contribution in [1.82, 2.24) is 15.1 Å². The minimum Gasteiger partial charge on any atom is -0.508 e. The first-order valence-corrected chi connectivity index (χ1v) is 11.4. The summed E-state index contributed by atoms with van der Waals surface area (Å²) in [5, 5.41) is 17.8. The number of anilines is 1. The van der Waals surface area contributed by atoms with Crippen LogP contribution in [0.15, 0.2) is 83.8 Å². The van der Waals surface area contributed by atoms with E-state index >= 15 is 0 Å². The van der Waals surface area contributed by atoms with Crippen LogP contribution in [0.2, 0.25) is 5.02 Å². The number of phenols is 1. The minimum atomic E-state index is -0.346. The maximum absolute atomic E-state index is 13.5. The van der Waals surface area contributed by atoms with E-state index in [1.54, 1.807) is 42.6 Å². The molecule has 2 heterocycles. The van der Waals surface area contributed by atoms with E-state index in [1.165, 1.54) is 4.68 Å². The first-order valence-electron chi connectivity index (χ1n) is 11.0. The molecule has 0 spiro atoms.